The lowest BCUT2D eigenvalue weighted by Gasteiger charge is -2.11. The molecule has 0 amide bonds. The molecule has 0 heterocycles. The van der Waals surface area contributed by atoms with Crippen LogP contribution < -0.4 is 15.8 Å². The average molecular weight is 275 g/mol. The van der Waals surface area contributed by atoms with E-state index in [4.69, 9.17) is 22.7 Å². The average Bonchev–Trinajstić information content (AvgIpc) is 2.09. The van der Waals surface area contributed by atoms with Gasteiger partial charge in [0.2, 0.25) is 0 Å². The van der Waals surface area contributed by atoms with Crippen LogP contribution in [0.4, 0.5) is 5.69 Å². The van der Waals surface area contributed by atoms with Crippen molar-refractivity contribution in [1.29, 1.82) is 0 Å². The number of halogens is 1. The summed E-state index contributed by atoms with van der Waals surface area (Å²) < 4.78 is 6.34. The number of nitrogens with two attached hydrogens (primary N) is 1. The summed E-state index contributed by atoms with van der Waals surface area (Å²) in [4.78, 5) is 0. The van der Waals surface area contributed by atoms with Crippen molar-refractivity contribution >= 4 is 38.9 Å². The zero-order valence-corrected chi connectivity index (χ0v) is 10.1. The van der Waals surface area contributed by atoms with E-state index < -0.39 is 0 Å². The molecular formula is C9H11BrN2OS. The van der Waals surface area contributed by atoms with Crippen molar-refractivity contribution in [3.05, 3.63) is 22.7 Å². The Morgan fingerprint density at radius 1 is 1.64 bits per heavy atom. The fourth-order valence-corrected chi connectivity index (χ4v) is 1.49. The second kappa shape index (κ2) is 5.17. The number of hydrogen-bond acceptors (Lipinski definition) is 2. The molecule has 0 atom stereocenters. The van der Waals surface area contributed by atoms with Gasteiger partial charge in [-0.3, -0.25) is 0 Å². The number of benzene rings is 1. The van der Waals surface area contributed by atoms with Crippen molar-refractivity contribution < 1.29 is 4.74 Å². The van der Waals surface area contributed by atoms with Gasteiger partial charge in [-0.1, -0.05) is 15.9 Å². The number of anilines is 1. The Balaban J connectivity index is 2.96. The summed E-state index contributed by atoms with van der Waals surface area (Å²) in [6.45, 7) is 2.53. The van der Waals surface area contributed by atoms with Gasteiger partial charge in [-0.05, 0) is 37.3 Å². The third kappa shape index (κ3) is 3.16. The molecule has 0 unspecified atom stereocenters. The molecule has 0 aromatic heterocycles. The van der Waals surface area contributed by atoms with E-state index in [9.17, 15) is 0 Å². The lowest BCUT2D eigenvalue weighted by Crippen LogP contribution is -2.19. The first kappa shape index (κ1) is 11.3. The maximum Gasteiger partial charge on any atom is 0.168 e. The van der Waals surface area contributed by atoms with Crippen LogP contribution in [0.1, 0.15) is 6.92 Å². The van der Waals surface area contributed by atoms with E-state index in [1.165, 1.54) is 0 Å². The van der Waals surface area contributed by atoms with Crippen LogP contribution in [0.5, 0.6) is 5.75 Å². The lowest BCUT2D eigenvalue weighted by atomic mass is 10.3. The Morgan fingerprint density at radius 2 is 2.36 bits per heavy atom. The quantitative estimate of drug-likeness (QED) is 0.832. The molecular weight excluding hydrogens is 264 g/mol. The Hall–Kier alpha value is -0.810. The molecule has 0 radical (unpaired) electrons. The molecule has 1 aromatic rings. The fraction of sp³-hybridized carbons (Fsp3) is 0.222. The number of rotatable bonds is 3. The normalized spacial score (nSPS) is 9.57. The predicted octanol–water partition coefficient (Wildman–Crippen LogP) is 2.50. The highest BCUT2D eigenvalue weighted by atomic mass is 79.9. The largest absolute Gasteiger partial charge is 0.492 e. The SMILES string of the molecule is CCOc1ccc(Br)cc1NC(N)=S. The first-order valence-corrected chi connectivity index (χ1v) is 5.32. The molecule has 0 saturated heterocycles. The van der Waals surface area contributed by atoms with Gasteiger partial charge in [-0.2, -0.15) is 0 Å². The van der Waals surface area contributed by atoms with E-state index in [0.29, 0.717) is 6.61 Å². The summed E-state index contributed by atoms with van der Waals surface area (Å²) in [6, 6.07) is 5.62. The van der Waals surface area contributed by atoms with Crippen LogP contribution in [0.3, 0.4) is 0 Å². The molecule has 76 valence electrons. The lowest BCUT2D eigenvalue weighted by molar-refractivity contribution is 0.342. The minimum atomic E-state index is 0.226. The van der Waals surface area contributed by atoms with E-state index in [-0.39, 0.29) is 5.11 Å². The third-order valence-electron chi connectivity index (χ3n) is 1.50. The van der Waals surface area contributed by atoms with Crippen LogP contribution in [-0.2, 0) is 0 Å². The van der Waals surface area contributed by atoms with Crippen molar-refractivity contribution in [1.82, 2.24) is 0 Å². The Bertz CT molecular complexity index is 344. The Morgan fingerprint density at radius 3 is 2.93 bits per heavy atom. The summed E-state index contributed by atoms with van der Waals surface area (Å²) >= 11 is 8.12. The molecule has 3 N–H and O–H groups in total. The number of ether oxygens (including phenoxy) is 1. The van der Waals surface area contributed by atoms with Crippen LogP contribution in [0.2, 0.25) is 0 Å². The minimum Gasteiger partial charge on any atom is -0.492 e. The standard InChI is InChI=1S/C9H11BrN2OS/c1-2-13-8-4-3-6(10)5-7(8)12-9(11)14/h3-5H,2H2,1H3,(H3,11,12,14). The second-order valence-corrected chi connectivity index (χ2v) is 3.92. The Labute approximate surface area is 96.8 Å². The predicted molar refractivity (Wildman–Crippen MR) is 65.7 cm³/mol. The summed E-state index contributed by atoms with van der Waals surface area (Å²) in [5.74, 6) is 0.739. The first-order valence-electron chi connectivity index (χ1n) is 4.12. The molecule has 5 heteroatoms. The van der Waals surface area contributed by atoms with Gasteiger partial charge >= 0.3 is 0 Å². The zero-order valence-electron chi connectivity index (χ0n) is 7.71. The van der Waals surface area contributed by atoms with Gasteiger partial charge in [0.05, 0.1) is 12.3 Å². The van der Waals surface area contributed by atoms with Crippen molar-refractivity contribution in [2.24, 2.45) is 5.73 Å². The van der Waals surface area contributed by atoms with Crippen molar-refractivity contribution in [3.63, 3.8) is 0 Å². The molecule has 0 aliphatic rings. The molecule has 14 heavy (non-hydrogen) atoms. The highest BCUT2D eigenvalue weighted by molar-refractivity contribution is 9.10. The van der Waals surface area contributed by atoms with Gasteiger partial charge in [0.15, 0.2) is 5.11 Å². The van der Waals surface area contributed by atoms with E-state index in [2.05, 4.69) is 21.2 Å². The summed E-state index contributed by atoms with van der Waals surface area (Å²) in [7, 11) is 0. The molecule has 0 bridgehead atoms. The van der Waals surface area contributed by atoms with Gasteiger partial charge in [0, 0.05) is 4.47 Å². The number of nitrogens with one attached hydrogen (secondary N) is 1. The zero-order chi connectivity index (χ0) is 10.6. The third-order valence-corrected chi connectivity index (χ3v) is 2.09. The van der Waals surface area contributed by atoms with Crippen molar-refractivity contribution in [2.45, 2.75) is 6.92 Å². The maximum absolute atomic E-state index is 5.39. The molecule has 0 fully saturated rings. The van der Waals surface area contributed by atoms with Crippen LogP contribution in [-0.4, -0.2) is 11.7 Å². The molecule has 0 saturated carbocycles. The molecule has 0 spiro atoms. The van der Waals surface area contributed by atoms with Gasteiger partial charge in [-0.15, -0.1) is 0 Å². The van der Waals surface area contributed by atoms with Gasteiger partial charge in [-0.25, -0.2) is 0 Å². The molecule has 0 aliphatic heterocycles. The van der Waals surface area contributed by atoms with Gasteiger partial charge < -0.3 is 15.8 Å². The maximum atomic E-state index is 5.39. The van der Waals surface area contributed by atoms with Crippen LogP contribution in [0.25, 0.3) is 0 Å². The van der Waals surface area contributed by atoms with E-state index in [0.717, 1.165) is 15.9 Å². The summed E-state index contributed by atoms with van der Waals surface area (Å²) in [6.07, 6.45) is 0. The van der Waals surface area contributed by atoms with E-state index >= 15 is 0 Å². The van der Waals surface area contributed by atoms with Crippen molar-refractivity contribution in [2.75, 3.05) is 11.9 Å². The smallest absolute Gasteiger partial charge is 0.168 e. The molecule has 0 aliphatic carbocycles. The highest BCUT2D eigenvalue weighted by Gasteiger charge is 2.04. The topological polar surface area (TPSA) is 47.3 Å². The monoisotopic (exact) mass is 274 g/mol. The Kier molecular flexibility index (Phi) is 4.16. The van der Waals surface area contributed by atoms with Gasteiger partial charge in [0.1, 0.15) is 5.75 Å². The first-order chi connectivity index (χ1) is 6.63. The van der Waals surface area contributed by atoms with E-state index in [1.807, 2.05) is 25.1 Å². The molecule has 3 nitrogen and oxygen atoms in total. The summed E-state index contributed by atoms with van der Waals surface area (Å²) in [5.41, 5.74) is 6.16. The fourth-order valence-electron chi connectivity index (χ4n) is 1.01. The molecule has 1 aromatic carbocycles. The van der Waals surface area contributed by atoms with Crippen LogP contribution in [0.15, 0.2) is 22.7 Å². The number of thiocarbonyl (C=S) groups is 1. The number of hydrogen-bond donors (Lipinski definition) is 2. The van der Waals surface area contributed by atoms with Crippen LogP contribution >= 0.6 is 28.1 Å². The van der Waals surface area contributed by atoms with Gasteiger partial charge in [0.25, 0.3) is 0 Å². The van der Waals surface area contributed by atoms with Crippen LogP contribution in [0, 0.1) is 0 Å². The van der Waals surface area contributed by atoms with E-state index in [1.54, 1.807) is 0 Å². The van der Waals surface area contributed by atoms with Crippen molar-refractivity contribution in [3.8, 4) is 5.75 Å². The minimum absolute atomic E-state index is 0.226. The highest BCUT2D eigenvalue weighted by Crippen LogP contribution is 2.27. The molecule has 1 rings (SSSR count). The summed E-state index contributed by atoms with van der Waals surface area (Å²) in [5, 5.41) is 3.08. The second-order valence-electron chi connectivity index (χ2n) is 2.56.